The van der Waals surface area contributed by atoms with E-state index in [9.17, 15) is 0 Å². The highest BCUT2D eigenvalue weighted by Crippen LogP contribution is 2.32. The van der Waals surface area contributed by atoms with Crippen molar-refractivity contribution in [2.75, 3.05) is 26.3 Å². The average molecular weight is 426 g/mol. The Labute approximate surface area is 190 Å². The van der Waals surface area contributed by atoms with Gasteiger partial charge in [0.05, 0.1) is 30.0 Å². The molecule has 1 aliphatic heterocycles. The molecular weight excluding hydrogens is 394 g/mol. The van der Waals surface area contributed by atoms with Gasteiger partial charge in [0.2, 0.25) is 0 Å². The predicted octanol–water partition coefficient (Wildman–Crippen LogP) is 5.55. The molecule has 5 rings (SSSR count). The average Bonchev–Trinajstić information content (AvgIpc) is 3.27. The fraction of sp³-hybridized carbons (Fsp3) is 0.321. The number of para-hydroxylation sites is 2. The number of hydrogen-bond donors (Lipinski definition) is 0. The number of rotatable bonds is 8. The third kappa shape index (κ3) is 4.77. The zero-order valence-electron chi connectivity index (χ0n) is 18.5. The standard InChI is InChI=1S/C28H31N3O/c1-3-9-24(10-4-1)28(25-11-5-2-6-12-25)30-17-15-23(16-18-30)21-32-20-19-31-22-29-26-13-7-8-14-27(26)31/h1-14,22-23,28H,15-21H2. The fourth-order valence-corrected chi connectivity index (χ4v) is 4.86. The number of imidazole rings is 1. The van der Waals surface area contributed by atoms with Crippen molar-refractivity contribution in [3.8, 4) is 0 Å². The molecule has 164 valence electrons. The summed E-state index contributed by atoms with van der Waals surface area (Å²) in [6, 6.07) is 30.4. The van der Waals surface area contributed by atoms with E-state index < -0.39 is 0 Å². The van der Waals surface area contributed by atoms with Crippen LogP contribution in [0.1, 0.15) is 30.0 Å². The molecule has 1 fully saturated rings. The van der Waals surface area contributed by atoms with Crippen LogP contribution in [0, 0.1) is 5.92 Å². The topological polar surface area (TPSA) is 30.3 Å². The number of ether oxygens (including phenoxy) is 1. The Morgan fingerprint density at radius 2 is 1.44 bits per heavy atom. The Balaban J connectivity index is 1.14. The van der Waals surface area contributed by atoms with Crippen molar-refractivity contribution in [2.45, 2.75) is 25.4 Å². The lowest BCUT2D eigenvalue weighted by Gasteiger charge is -2.38. The van der Waals surface area contributed by atoms with Crippen LogP contribution in [0.5, 0.6) is 0 Å². The summed E-state index contributed by atoms with van der Waals surface area (Å²) in [4.78, 5) is 7.10. The first kappa shape index (κ1) is 20.9. The molecule has 0 amide bonds. The minimum atomic E-state index is 0.328. The molecule has 0 spiro atoms. The van der Waals surface area contributed by atoms with Crippen LogP contribution < -0.4 is 0 Å². The van der Waals surface area contributed by atoms with Crippen LogP contribution in [0.4, 0.5) is 0 Å². The Kier molecular flexibility index (Phi) is 6.61. The summed E-state index contributed by atoms with van der Waals surface area (Å²) in [6.07, 6.45) is 4.29. The molecule has 0 N–H and O–H groups in total. The van der Waals surface area contributed by atoms with Gasteiger partial charge in [-0.25, -0.2) is 4.98 Å². The van der Waals surface area contributed by atoms with E-state index in [-0.39, 0.29) is 0 Å². The van der Waals surface area contributed by atoms with Gasteiger partial charge in [-0.05, 0) is 55.1 Å². The summed E-state index contributed by atoms with van der Waals surface area (Å²) in [5.41, 5.74) is 4.98. The maximum Gasteiger partial charge on any atom is 0.0959 e. The third-order valence-corrected chi connectivity index (χ3v) is 6.60. The summed E-state index contributed by atoms with van der Waals surface area (Å²) in [6.45, 7) is 4.64. The number of likely N-dealkylation sites (tertiary alicyclic amines) is 1. The van der Waals surface area contributed by atoms with Gasteiger partial charge in [-0.15, -0.1) is 0 Å². The van der Waals surface area contributed by atoms with Gasteiger partial charge < -0.3 is 9.30 Å². The number of fused-ring (bicyclic) bond motifs is 1. The van der Waals surface area contributed by atoms with Gasteiger partial charge in [0.15, 0.2) is 0 Å². The van der Waals surface area contributed by atoms with Crippen molar-refractivity contribution >= 4 is 11.0 Å². The van der Waals surface area contributed by atoms with Gasteiger partial charge in [0, 0.05) is 13.2 Å². The van der Waals surface area contributed by atoms with Crippen LogP contribution >= 0.6 is 0 Å². The number of aromatic nitrogens is 2. The lowest BCUT2D eigenvalue weighted by Crippen LogP contribution is -2.38. The first-order valence-corrected chi connectivity index (χ1v) is 11.7. The molecule has 0 saturated carbocycles. The summed E-state index contributed by atoms with van der Waals surface area (Å²) in [5, 5.41) is 0. The van der Waals surface area contributed by atoms with Crippen molar-refractivity contribution in [1.29, 1.82) is 0 Å². The molecule has 1 aromatic heterocycles. The van der Waals surface area contributed by atoms with Crippen LogP contribution in [0.3, 0.4) is 0 Å². The van der Waals surface area contributed by atoms with Crippen LogP contribution in [0.2, 0.25) is 0 Å². The van der Waals surface area contributed by atoms with Crippen molar-refractivity contribution < 1.29 is 4.74 Å². The quantitative estimate of drug-likeness (QED) is 0.347. The van der Waals surface area contributed by atoms with E-state index >= 15 is 0 Å². The molecule has 4 aromatic rings. The van der Waals surface area contributed by atoms with Crippen molar-refractivity contribution in [1.82, 2.24) is 14.5 Å². The highest BCUT2D eigenvalue weighted by molar-refractivity contribution is 5.74. The summed E-state index contributed by atoms with van der Waals surface area (Å²) in [7, 11) is 0. The van der Waals surface area contributed by atoms with Gasteiger partial charge in [-0.3, -0.25) is 4.90 Å². The van der Waals surface area contributed by atoms with E-state index in [2.05, 4.69) is 93.3 Å². The zero-order valence-corrected chi connectivity index (χ0v) is 18.5. The minimum Gasteiger partial charge on any atom is -0.379 e. The van der Waals surface area contributed by atoms with Crippen LogP contribution in [-0.2, 0) is 11.3 Å². The summed E-state index contributed by atoms with van der Waals surface area (Å²) >= 11 is 0. The normalized spacial score (nSPS) is 15.5. The smallest absolute Gasteiger partial charge is 0.0959 e. The lowest BCUT2D eigenvalue weighted by atomic mass is 9.91. The monoisotopic (exact) mass is 425 g/mol. The molecule has 0 aliphatic carbocycles. The molecule has 1 saturated heterocycles. The Morgan fingerprint density at radius 3 is 2.12 bits per heavy atom. The second-order valence-electron chi connectivity index (χ2n) is 8.70. The predicted molar refractivity (Wildman–Crippen MR) is 130 cm³/mol. The van der Waals surface area contributed by atoms with E-state index in [4.69, 9.17) is 4.74 Å². The first-order valence-electron chi connectivity index (χ1n) is 11.7. The molecular formula is C28H31N3O. The van der Waals surface area contributed by atoms with E-state index in [0.717, 1.165) is 38.4 Å². The Morgan fingerprint density at radius 1 is 0.812 bits per heavy atom. The van der Waals surface area contributed by atoms with Crippen molar-refractivity contribution in [3.05, 3.63) is 102 Å². The number of nitrogens with zero attached hydrogens (tertiary/aromatic N) is 3. The van der Waals surface area contributed by atoms with Gasteiger partial charge in [-0.1, -0.05) is 72.8 Å². The Hall–Kier alpha value is -2.95. The zero-order chi connectivity index (χ0) is 21.6. The second kappa shape index (κ2) is 10.1. The van der Waals surface area contributed by atoms with Gasteiger partial charge in [0.1, 0.15) is 0 Å². The van der Waals surface area contributed by atoms with Gasteiger partial charge >= 0.3 is 0 Å². The number of benzene rings is 3. The van der Waals surface area contributed by atoms with E-state index in [1.54, 1.807) is 0 Å². The van der Waals surface area contributed by atoms with E-state index in [1.807, 2.05) is 12.4 Å². The van der Waals surface area contributed by atoms with Crippen LogP contribution in [-0.4, -0.2) is 40.8 Å². The van der Waals surface area contributed by atoms with E-state index in [1.165, 1.54) is 29.5 Å². The van der Waals surface area contributed by atoms with Gasteiger partial charge in [0.25, 0.3) is 0 Å². The first-order chi connectivity index (χ1) is 15.9. The molecule has 0 bridgehead atoms. The minimum absolute atomic E-state index is 0.328. The highest BCUT2D eigenvalue weighted by atomic mass is 16.5. The van der Waals surface area contributed by atoms with Crippen LogP contribution in [0.15, 0.2) is 91.3 Å². The maximum absolute atomic E-state index is 6.09. The molecule has 32 heavy (non-hydrogen) atoms. The SMILES string of the molecule is c1ccc(C(c2ccccc2)N2CCC(COCCn3cnc4ccccc43)CC2)cc1. The molecule has 4 nitrogen and oxygen atoms in total. The molecule has 1 aliphatic rings. The van der Waals surface area contributed by atoms with Gasteiger partial charge in [-0.2, -0.15) is 0 Å². The van der Waals surface area contributed by atoms with Crippen molar-refractivity contribution in [2.24, 2.45) is 5.92 Å². The largest absolute Gasteiger partial charge is 0.379 e. The summed E-state index contributed by atoms with van der Waals surface area (Å²) in [5.74, 6) is 0.637. The highest BCUT2D eigenvalue weighted by Gasteiger charge is 2.27. The fourth-order valence-electron chi connectivity index (χ4n) is 4.86. The molecule has 3 aromatic carbocycles. The summed E-state index contributed by atoms with van der Waals surface area (Å²) < 4.78 is 8.28. The maximum atomic E-state index is 6.09. The molecule has 0 unspecified atom stereocenters. The van der Waals surface area contributed by atoms with Crippen molar-refractivity contribution in [3.63, 3.8) is 0 Å². The molecule has 0 atom stereocenters. The lowest BCUT2D eigenvalue weighted by molar-refractivity contribution is 0.0566. The molecule has 4 heteroatoms. The second-order valence-corrected chi connectivity index (χ2v) is 8.70. The van der Waals surface area contributed by atoms with E-state index in [0.29, 0.717) is 12.0 Å². The van der Waals surface area contributed by atoms with Crippen LogP contribution in [0.25, 0.3) is 11.0 Å². The third-order valence-electron chi connectivity index (χ3n) is 6.60. The number of piperidine rings is 1. The Bertz CT molecular complexity index is 1060. The number of hydrogen-bond acceptors (Lipinski definition) is 3. The molecule has 0 radical (unpaired) electrons. The molecule has 2 heterocycles.